The van der Waals surface area contributed by atoms with E-state index in [9.17, 15) is 21.6 Å². The zero-order chi connectivity index (χ0) is 15.8. The van der Waals surface area contributed by atoms with Crippen LogP contribution in [0.2, 0.25) is 0 Å². The number of halogens is 4. The van der Waals surface area contributed by atoms with Gasteiger partial charge >= 0.3 is 6.18 Å². The summed E-state index contributed by atoms with van der Waals surface area (Å²) in [5.74, 6) is 0. The maximum atomic E-state index is 12.7. The molecule has 1 unspecified atom stereocenters. The Morgan fingerprint density at radius 3 is 2.45 bits per heavy atom. The number of sulfonamides is 1. The van der Waals surface area contributed by atoms with E-state index in [0.717, 1.165) is 16.4 Å². The third kappa shape index (κ3) is 3.52. The van der Waals surface area contributed by atoms with Crippen molar-refractivity contribution in [3.63, 3.8) is 0 Å². The average molecular weight is 356 g/mol. The molecule has 22 heavy (non-hydrogen) atoms. The number of hydrogen-bond acceptors (Lipinski definition) is 4. The molecule has 1 fully saturated rings. The van der Waals surface area contributed by atoms with Gasteiger partial charge in [0.25, 0.3) is 0 Å². The molecule has 0 aliphatic carbocycles. The van der Waals surface area contributed by atoms with Crippen LogP contribution in [0.3, 0.4) is 0 Å². The molecule has 0 saturated carbocycles. The molecule has 5 nitrogen and oxygen atoms in total. The molecule has 0 radical (unpaired) electrons. The van der Waals surface area contributed by atoms with Crippen LogP contribution < -0.4 is 5.73 Å². The molecule has 1 aliphatic heterocycles. The van der Waals surface area contributed by atoms with Crippen molar-refractivity contribution >= 4 is 22.4 Å². The first-order valence-electron chi connectivity index (χ1n) is 6.03. The molecule has 0 bridgehead atoms. The van der Waals surface area contributed by atoms with Crippen LogP contribution in [-0.4, -0.2) is 31.9 Å². The molecule has 122 valence electrons. The molecule has 1 saturated heterocycles. The Morgan fingerprint density at radius 2 is 2.00 bits per heavy atom. The molecule has 10 heteroatoms. The lowest BCUT2D eigenvalue weighted by molar-refractivity contribution is -0.137. The third-order valence-corrected chi connectivity index (χ3v) is 5.10. The monoisotopic (exact) mass is 355 g/mol. The Kier molecular flexibility index (Phi) is 5.46. The number of benzene rings is 1. The Morgan fingerprint density at radius 1 is 1.36 bits per heavy atom. The lowest BCUT2D eigenvalue weighted by Gasteiger charge is -2.17. The van der Waals surface area contributed by atoms with E-state index in [-0.39, 0.29) is 36.4 Å². The second-order valence-corrected chi connectivity index (χ2v) is 6.67. The molecular formula is C12H13ClF3N3O2S. The van der Waals surface area contributed by atoms with E-state index in [1.54, 1.807) is 0 Å². The fourth-order valence-corrected chi connectivity index (χ4v) is 3.68. The van der Waals surface area contributed by atoms with E-state index >= 15 is 0 Å². The molecule has 2 N–H and O–H groups in total. The fourth-order valence-electron chi connectivity index (χ4n) is 2.14. The standard InChI is InChI=1S/C12H12F3N3O2S.ClH/c13-12(14,15)11-2-1-10(5-8(11)6-16)21(19,20)18-4-3-9(17)7-18;/h1-2,5,9H,3-4,7,17H2;1H. The molecular weight excluding hydrogens is 343 g/mol. The van der Waals surface area contributed by atoms with Crippen LogP contribution in [0.5, 0.6) is 0 Å². The minimum atomic E-state index is -4.71. The highest BCUT2D eigenvalue weighted by atomic mass is 35.5. The molecule has 0 amide bonds. The molecule has 2 rings (SSSR count). The minimum Gasteiger partial charge on any atom is -0.326 e. The Labute approximate surface area is 132 Å². The van der Waals surface area contributed by atoms with E-state index in [4.69, 9.17) is 11.0 Å². The number of hydrogen-bond donors (Lipinski definition) is 1. The van der Waals surface area contributed by atoms with Gasteiger partial charge in [-0.1, -0.05) is 0 Å². The predicted molar refractivity (Wildman–Crippen MR) is 74.8 cm³/mol. The third-order valence-electron chi connectivity index (χ3n) is 3.24. The quantitative estimate of drug-likeness (QED) is 0.875. The van der Waals surface area contributed by atoms with Gasteiger partial charge in [-0.25, -0.2) is 8.42 Å². The summed E-state index contributed by atoms with van der Waals surface area (Å²) < 4.78 is 63.8. The van der Waals surface area contributed by atoms with E-state index in [2.05, 4.69) is 0 Å². The normalized spacial score (nSPS) is 19.5. The molecule has 1 heterocycles. The smallest absolute Gasteiger partial charge is 0.326 e. The summed E-state index contributed by atoms with van der Waals surface area (Å²) in [6, 6.07) is 3.33. The summed E-state index contributed by atoms with van der Waals surface area (Å²) in [5, 5.41) is 8.80. The first-order valence-corrected chi connectivity index (χ1v) is 7.47. The predicted octanol–water partition coefficient (Wildman–Crippen LogP) is 1.72. The van der Waals surface area contributed by atoms with Crippen molar-refractivity contribution in [3.8, 4) is 6.07 Å². The van der Waals surface area contributed by atoms with E-state index in [1.165, 1.54) is 6.07 Å². The van der Waals surface area contributed by atoms with E-state index in [0.29, 0.717) is 12.5 Å². The summed E-state index contributed by atoms with van der Waals surface area (Å²) in [4.78, 5) is -0.332. The van der Waals surface area contributed by atoms with Crippen LogP contribution in [0.25, 0.3) is 0 Å². The number of alkyl halides is 3. The SMILES string of the molecule is Cl.N#Cc1cc(S(=O)(=O)N2CCC(N)C2)ccc1C(F)(F)F. The zero-order valence-corrected chi connectivity index (χ0v) is 12.8. The van der Waals surface area contributed by atoms with Gasteiger partial charge in [-0.05, 0) is 24.6 Å². The van der Waals surface area contributed by atoms with Gasteiger partial charge in [0.05, 0.1) is 22.1 Å². The minimum absolute atomic E-state index is 0. The highest BCUT2D eigenvalue weighted by molar-refractivity contribution is 7.89. The van der Waals surface area contributed by atoms with Gasteiger partial charge in [-0.2, -0.15) is 22.7 Å². The summed E-state index contributed by atoms with van der Waals surface area (Å²) in [6.45, 7) is 0.331. The van der Waals surface area contributed by atoms with Gasteiger partial charge in [0.2, 0.25) is 10.0 Å². The molecule has 1 aliphatic rings. The first-order chi connectivity index (χ1) is 9.66. The molecule has 1 aromatic carbocycles. The maximum absolute atomic E-state index is 12.7. The van der Waals surface area contributed by atoms with Crippen molar-refractivity contribution in [1.82, 2.24) is 4.31 Å². The summed E-state index contributed by atoms with van der Waals surface area (Å²) in [6.07, 6.45) is -4.21. The van der Waals surface area contributed by atoms with Crippen LogP contribution in [0.4, 0.5) is 13.2 Å². The van der Waals surface area contributed by atoms with E-state index in [1.807, 2.05) is 0 Å². The van der Waals surface area contributed by atoms with Crippen LogP contribution in [0, 0.1) is 11.3 Å². The molecule has 1 aromatic rings. The largest absolute Gasteiger partial charge is 0.417 e. The van der Waals surface area contributed by atoms with E-state index < -0.39 is 27.3 Å². The number of rotatable bonds is 2. The van der Waals surface area contributed by atoms with Gasteiger partial charge in [-0.15, -0.1) is 12.4 Å². The number of nitrogens with two attached hydrogens (primary N) is 1. The van der Waals surface area contributed by atoms with Crippen LogP contribution in [0.15, 0.2) is 23.1 Å². The Hall–Kier alpha value is -1.34. The second kappa shape index (κ2) is 6.42. The Balaban J connectivity index is 0.00000242. The van der Waals surface area contributed by atoms with Crippen molar-refractivity contribution < 1.29 is 21.6 Å². The lowest BCUT2D eigenvalue weighted by Crippen LogP contribution is -2.32. The zero-order valence-electron chi connectivity index (χ0n) is 11.2. The van der Waals surface area contributed by atoms with Gasteiger partial charge in [-0.3, -0.25) is 0 Å². The lowest BCUT2D eigenvalue weighted by atomic mass is 10.1. The van der Waals surface area contributed by atoms with Crippen LogP contribution in [-0.2, 0) is 16.2 Å². The van der Waals surface area contributed by atoms with Crippen LogP contribution >= 0.6 is 12.4 Å². The summed E-state index contributed by atoms with van der Waals surface area (Å²) >= 11 is 0. The highest BCUT2D eigenvalue weighted by Gasteiger charge is 2.36. The fraction of sp³-hybridized carbons (Fsp3) is 0.417. The van der Waals surface area contributed by atoms with Crippen molar-refractivity contribution in [2.24, 2.45) is 5.73 Å². The van der Waals surface area contributed by atoms with Gasteiger partial charge in [0, 0.05) is 19.1 Å². The molecule has 1 atom stereocenters. The maximum Gasteiger partial charge on any atom is 0.417 e. The number of nitrogens with zero attached hydrogens (tertiary/aromatic N) is 2. The van der Waals surface area contributed by atoms with Crippen molar-refractivity contribution in [1.29, 1.82) is 5.26 Å². The summed E-state index contributed by atoms with van der Waals surface area (Å²) in [5.41, 5.74) is 3.76. The van der Waals surface area contributed by atoms with Crippen molar-refractivity contribution in [2.75, 3.05) is 13.1 Å². The average Bonchev–Trinajstić information content (AvgIpc) is 2.84. The van der Waals surface area contributed by atoms with Gasteiger partial charge < -0.3 is 5.73 Å². The van der Waals surface area contributed by atoms with Gasteiger partial charge in [0.15, 0.2) is 0 Å². The van der Waals surface area contributed by atoms with Crippen molar-refractivity contribution in [3.05, 3.63) is 29.3 Å². The molecule has 0 spiro atoms. The first kappa shape index (κ1) is 18.7. The van der Waals surface area contributed by atoms with Crippen molar-refractivity contribution in [2.45, 2.75) is 23.5 Å². The second-order valence-electron chi connectivity index (χ2n) is 4.73. The Bertz CT molecular complexity index is 701. The highest BCUT2D eigenvalue weighted by Crippen LogP contribution is 2.33. The van der Waals surface area contributed by atoms with Gasteiger partial charge in [0.1, 0.15) is 0 Å². The summed E-state index contributed by atoms with van der Waals surface area (Å²) in [7, 11) is -3.93. The topological polar surface area (TPSA) is 87.2 Å². The molecule has 0 aromatic heterocycles. The van der Waals surface area contributed by atoms with Crippen LogP contribution in [0.1, 0.15) is 17.5 Å². The number of nitriles is 1.